The van der Waals surface area contributed by atoms with Crippen molar-refractivity contribution in [2.24, 2.45) is 5.92 Å². The van der Waals surface area contributed by atoms with Gasteiger partial charge in [0.05, 0.1) is 34.8 Å². The van der Waals surface area contributed by atoms with Crippen LogP contribution in [-0.2, 0) is 32.5 Å². The van der Waals surface area contributed by atoms with Crippen molar-refractivity contribution in [1.82, 2.24) is 0 Å². The Bertz CT molecular complexity index is 1530. The van der Waals surface area contributed by atoms with Crippen molar-refractivity contribution in [1.29, 1.82) is 0 Å². The van der Waals surface area contributed by atoms with E-state index in [0.29, 0.717) is 11.1 Å². The molecule has 0 spiro atoms. The van der Waals surface area contributed by atoms with Gasteiger partial charge < -0.3 is 15.0 Å². The van der Waals surface area contributed by atoms with Crippen molar-refractivity contribution < 1.29 is 31.5 Å². The van der Waals surface area contributed by atoms with Crippen LogP contribution in [0.15, 0.2) is 76.7 Å². The fraction of sp³-hybridized carbons (Fsp3) is 0.154. The second kappa shape index (κ2) is 8.96. The lowest BCUT2D eigenvalue weighted by atomic mass is 9.87. The minimum Gasteiger partial charge on any atom is -0.380 e. The number of amides is 1. The third kappa shape index (κ3) is 4.18. The normalized spacial score (nSPS) is 18.2. The van der Waals surface area contributed by atoms with Gasteiger partial charge in [0.1, 0.15) is 17.6 Å². The molecule has 0 fully saturated rings. The van der Waals surface area contributed by atoms with Gasteiger partial charge in [0, 0.05) is 18.4 Å². The smallest absolute Gasteiger partial charge is 0.244 e. The molecule has 0 radical (unpaired) electrons. The lowest BCUT2D eigenvalue weighted by molar-refractivity contribution is -0.120. The van der Waals surface area contributed by atoms with E-state index in [1.807, 2.05) is 0 Å². The summed E-state index contributed by atoms with van der Waals surface area (Å²) in [7, 11) is -2.52. The van der Waals surface area contributed by atoms with Gasteiger partial charge in [-0.2, -0.15) is 0 Å². The first kappa shape index (κ1) is 23.8. The molecule has 36 heavy (non-hydrogen) atoms. The van der Waals surface area contributed by atoms with E-state index in [-0.39, 0.29) is 40.7 Å². The Labute approximate surface area is 205 Å². The van der Waals surface area contributed by atoms with Crippen LogP contribution in [0.25, 0.3) is 0 Å². The van der Waals surface area contributed by atoms with Crippen molar-refractivity contribution in [3.63, 3.8) is 0 Å². The predicted molar refractivity (Wildman–Crippen MR) is 128 cm³/mol. The van der Waals surface area contributed by atoms with Crippen LogP contribution in [0.4, 0.5) is 20.2 Å². The standard InChI is InChI=1S/C26H20F2N2O5S/c1-35-13-16-4-8-20-23(10-16)36(33,34)14-21(29-20)24-25(31)19-11-18(28)7-9-22(19)30(26(24)32)12-15-2-5-17(27)6-3-15/h2-11,14,24,29H,12-13H2,1H3. The third-order valence-electron chi connectivity index (χ3n) is 6.08. The Morgan fingerprint density at radius 2 is 1.64 bits per heavy atom. The molecule has 184 valence electrons. The zero-order chi connectivity index (χ0) is 25.6. The zero-order valence-electron chi connectivity index (χ0n) is 19.0. The third-order valence-corrected chi connectivity index (χ3v) is 7.59. The molecule has 1 unspecified atom stereocenters. The molecule has 2 aliphatic heterocycles. The number of rotatable bonds is 5. The van der Waals surface area contributed by atoms with Crippen LogP contribution in [0.2, 0.25) is 0 Å². The summed E-state index contributed by atoms with van der Waals surface area (Å²) >= 11 is 0. The summed E-state index contributed by atoms with van der Waals surface area (Å²) in [4.78, 5) is 28.4. The van der Waals surface area contributed by atoms with Crippen LogP contribution in [0.1, 0.15) is 21.5 Å². The quantitative estimate of drug-likeness (QED) is 0.518. The van der Waals surface area contributed by atoms with Gasteiger partial charge in [0.2, 0.25) is 15.7 Å². The van der Waals surface area contributed by atoms with Crippen molar-refractivity contribution in [2.75, 3.05) is 17.3 Å². The molecular formula is C26H20F2N2O5S. The number of nitrogens with one attached hydrogen (secondary N) is 1. The minimum atomic E-state index is -4.01. The molecule has 0 bridgehead atoms. The molecule has 7 nitrogen and oxygen atoms in total. The van der Waals surface area contributed by atoms with E-state index in [1.165, 1.54) is 54.5 Å². The van der Waals surface area contributed by atoms with Gasteiger partial charge in [0.25, 0.3) is 0 Å². The van der Waals surface area contributed by atoms with Crippen LogP contribution < -0.4 is 10.2 Å². The Balaban J connectivity index is 1.58. The average molecular weight is 511 g/mol. The number of ketones is 1. The van der Waals surface area contributed by atoms with Crippen molar-refractivity contribution in [2.45, 2.75) is 18.0 Å². The summed E-state index contributed by atoms with van der Waals surface area (Å²) < 4.78 is 58.8. The molecule has 10 heteroatoms. The monoisotopic (exact) mass is 510 g/mol. The molecule has 2 heterocycles. The second-order valence-electron chi connectivity index (χ2n) is 8.52. The minimum absolute atomic E-state index is 0.00822. The number of sulfone groups is 1. The molecule has 1 amide bonds. The van der Waals surface area contributed by atoms with Gasteiger partial charge in [0.15, 0.2) is 5.78 Å². The first-order valence-corrected chi connectivity index (χ1v) is 12.5. The van der Waals surface area contributed by atoms with Gasteiger partial charge in [-0.3, -0.25) is 9.59 Å². The van der Waals surface area contributed by atoms with Gasteiger partial charge in [-0.15, -0.1) is 0 Å². The number of anilines is 2. The van der Waals surface area contributed by atoms with Gasteiger partial charge in [-0.25, -0.2) is 17.2 Å². The fourth-order valence-electron chi connectivity index (χ4n) is 4.41. The van der Waals surface area contributed by atoms with Crippen LogP contribution in [0, 0.1) is 17.6 Å². The number of hydrogen-bond donors (Lipinski definition) is 1. The number of hydrogen-bond acceptors (Lipinski definition) is 6. The number of benzene rings is 3. The van der Waals surface area contributed by atoms with Crippen molar-refractivity contribution in [3.8, 4) is 0 Å². The Morgan fingerprint density at radius 1 is 0.944 bits per heavy atom. The molecule has 1 N–H and O–H groups in total. The maximum absolute atomic E-state index is 14.1. The number of fused-ring (bicyclic) bond motifs is 2. The molecule has 0 saturated heterocycles. The number of Topliss-reactive ketones (excluding diaryl/α,β-unsaturated/α-hetero) is 1. The van der Waals surface area contributed by atoms with E-state index in [1.54, 1.807) is 6.07 Å². The largest absolute Gasteiger partial charge is 0.380 e. The van der Waals surface area contributed by atoms with E-state index < -0.39 is 39.1 Å². The molecule has 5 rings (SSSR count). The number of halogens is 2. The summed E-state index contributed by atoms with van der Waals surface area (Å²) in [6, 6.07) is 13.6. The summed E-state index contributed by atoms with van der Waals surface area (Å²) in [5.41, 5.74) is 1.43. The maximum atomic E-state index is 14.1. The number of carbonyl (C=O) groups excluding carboxylic acids is 2. The first-order chi connectivity index (χ1) is 17.2. The molecular weight excluding hydrogens is 490 g/mol. The van der Waals surface area contributed by atoms with Crippen LogP contribution in [-0.4, -0.2) is 27.2 Å². The van der Waals surface area contributed by atoms with Gasteiger partial charge in [-0.05, 0) is 53.6 Å². The SMILES string of the molecule is COCc1ccc2c(c1)S(=O)(=O)C=C(C1C(=O)c3cc(F)ccc3N(Cc3ccc(F)cc3)C1=O)N2. The highest BCUT2D eigenvalue weighted by atomic mass is 32.2. The average Bonchev–Trinajstić information content (AvgIpc) is 2.83. The second-order valence-corrected chi connectivity index (χ2v) is 10.3. The fourth-order valence-corrected chi connectivity index (χ4v) is 5.81. The van der Waals surface area contributed by atoms with Gasteiger partial charge in [-0.1, -0.05) is 18.2 Å². The van der Waals surface area contributed by atoms with Crippen molar-refractivity contribution in [3.05, 3.63) is 100 Å². The maximum Gasteiger partial charge on any atom is 0.244 e. The van der Waals surface area contributed by atoms with E-state index >= 15 is 0 Å². The molecule has 0 saturated carbocycles. The van der Waals surface area contributed by atoms with Gasteiger partial charge >= 0.3 is 0 Å². The number of ether oxygens (including phenoxy) is 1. The Kier molecular flexibility index (Phi) is 5.93. The Hall–Kier alpha value is -3.89. The van der Waals surface area contributed by atoms with Crippen molar-refractivity contribution >= 4 is 32.9 Å². The predicted octanol–water partition coefficient (Wildman–Crippen LogP) is 4.20. The highest BCUT2D eigenvalue weighted by Gasteiger charge is 2.44. The number of carbonyl (C=O) groups is 2. The lowest BCUT2D eigenvalue weighted by Gasteiger charge is -2.35. The van der Waals surface area contributed by atoms with E-state index in [4.69, 9.17) is 4.74 Å². The summed E-state index contributed by atoms with van der Waals surface area (Å²) in [5.74, 6) is -4.07. The first-order valence-electron chi connectivity index (χ1n) is 10.9. The molecule has 2 aliphatic rings. The van der Waals surface area contributed by atoms with Crippen LogP contribution >= 0.6 is 0 Å². The summed E-state index contributed by atoms with van der Waals surface area (Å²) in [5, 5.41) is 3.79. The lowest BCUT2D eigenvalue weighted by Crippen LogP contribution is -2.46. The highest BCUT2D eigenvalue weighted by molar-refractivity contribution is 7.94. The molecule has 3 aromatic carbocycles. The molecule has 0 aromatic heterocycles. The van der Waals surface area contributed by atoms with Crippen LogP contribution in [0.5, 0.6) is 0 Å². The molecule has 1 atom stereocenters. The summed E-state index contributed by atoms with van der Waals surface area (Å²) in [6.45, 7) is 0.179. The van der Waals surface area contributed by atoms with E-state index in [0.717, 1.165) is 17.5 Å². The molecule has 0 aliphatic carbocycles. The van der Waals surface area contributed by atoms with E-state index in [9.17, 15) is 26.8 Å². The topological polar surface area (TPSA) is 92.8 Å². The van der Waals surface area contributed by atoms with E-state index in [2.05, 4.69) is 5.32 Å². The Morgan fingerprint density at radius 3 is 2.36 bits per heavy atom. The number of nitrogens with zero attached hydrogens (tertiary/aromatic N) is 1. The number of methoxy groups -OCH3 is 1. The highest BCUT2D eigenvalue weighted by Crippen LogP contribution is 2.39. The molecule has 3 aromatic rings. The summed E-state index contributed by atoms with van der Waals surface area (Å²) in [6.07, 6.45) is 0. The van der Waals surface area contributed by atoms with Crippen LogP contribution in [0.3, 0.4) is 0 Å². The zero-order valence-corrected chi connectivity index (χ0v) is 19.8.